The van der Waals surface area contributed by atoms with Gasteiger partial charge in [0.15, 0.2) is 17.5 Å². The number of halogens is 5. The van der Waals surface area contributed by atoms with Crippen molar-refractivity contribution in [3.63, 3.8) is 0 Å². The molecule has 0 heterocycles. The molecule has 0 aliphatic heterocycles. The van der Waals surface area contributed by atoms with Gasteiger partial charge in [-0.15, -0.1) is 0 Å². The van der Waals surface area contributed by atoms with E-state index in [0.29, 0.717) is 24.0 Å². The summed E-state index contributed by atoms with van der Waals surface area (Å²) in [5, 5.41) is 0. The molecular formula is C28H31F5O. The molecule has 2 aliphatic rings. The standard InChI is InChI=1S/C28H31F5O/c1-2-3-18-4-6-19(7-5-18)20-8-10-21(11-9-20)22-12-14-23(15-13-22)28(32,33)34-24-16-25(29)27(31)26(30)17-24/h6,12-18,20-21H,2-5,7-11H2,1H3. The molecule has 1 atom stereocenters. The van der Waals surface area contributed by atoms with Crippen LogP contribution in [0.15, 0.2) is 48.0 Å². The van der Waals surface area contributed by atoms with Crippen LogP contribution in [-0.4, -0.2) is 0 Å². The van der Waals surface area contributed by atoms with Gasteiger partial charge in [0, 0.05) is 12.1 Å². The van der Waals surface area contributed by atoms with E-state index in [1.807, 2.05) is 0 Å². The fraction of sp³-hybridized carbons (Fsp3) is 0.500. The fourth-order valence-electron chi connectivity index (χ4n) is 5.49. The topological polar surface area (TPSA) is 9.23 Å². The summed E-state index contributed by atoms with van der Waals surface area (Å²) in [4.78, 5) is 0. The molecule has 0 radical (unpaired) electrons. The van der Waals surface area contributed by atoms with Gasteiger partial charge in [0.25, 0.3) is 0 Å². The number of allylic oxidation sites excluding steroid dienone is 2. The van der Waals surface area contributed by atoms with Crippen LogP contribution in [-0.2, 0) is 6.11 Å². The number of benzene rings is 2. The molecule has 34 heavy (non-hydrogen) atoms. The number of alkyl halides is 2. The first-order chi connectivity index (χ1) is 16.3. The second-order valence-electron chi connectivity index (χ2n) is 9.70. The Balaban J connectivity index is 1.35. The van der Waals surface area contributed by atoms with E-state index in [1.165, 1.54) is 44.2 Å². The van der Waals surface area contributed by atoms with Crippen LogP contribution in [0.3, 0.4) is 0 Å². The first-order valence-electron chi connectivity index (χ1n) is 12.3. The summed E-state index contributed by atoms with van der Waals surface area (Å²) >= 11 is 0. The molecule has 2 aromatic rings. The minimum Gasteiger partial charge on any atom is -0.429 e. The minimum absolute atomic E-state index is 0.331. The largest absolute Gasteiger partial charge is 0.429 e. The zero-order chi connectivity index (χ0) is 24.3. The van der Waals surface area contributed by atoms with E-state index in [9.17, 15) is 22.0 Å². The lowest BCUT2D eigenvalue weighted by atomic mass is 9.72. The molecule has 0 aromatic heterocycles. The van der Waals surface area contributed by atoms with Gasteiger partial charge in [-0.25, -0.2) is 13.2 Å². The minimum atomic E-state index is -3.81. The average molecular weight is 479 g/mol. The van der Waals surface area contributed by atoms with E-state index in [1.54, 1.807) is 17.7 Å². The fourth-order valence-corrected chi connectivity index (χ4v) is 5.49. The van der Waals surface area contributed by atoms with Crippen LogP contribution in [0.2, 0.25) is 0 Å². The first kappa shape index (κ1) is 24.7. The Kier molecular flexibility index (Phi) is 7.63. The van der Waals surface area contributed by atoms with Crippen LogP contribution in [0.25, 0.3) is 0 Å². The summed E-state index contributed by atoms with van der Waals surface area (Å²) in [6.45, 7) is 2.25. The van der Waals surface area contributed by atoms with E-state index in [0.717, 1.165) is 37.2 Å². The highest BCUT2D eigenvalue weighted by Crippen LogP contribution is 2.42. The van der Waals surface area contributed by atoms with Crippen molar-refractivity contribution < 1.29 is 26.7 Å². The van der Waals surface area contributed by atoms with Crippen molar-refractivity contribution >= 4 is 0 Å². The van der Waals surface area contributed by atoms with Crippen molar-refractivity contribution in [2.75, 3.05) is 0 Å². The number of hydrogen-bond acceptors (Lipinski definition) is 1. The van der Waals surface area contributed by atoms with Gasteiger partial charge in [-0.3, -0.25) is 0 Å². The van der Waals surface area contributed by atoms with Crippen LogP contribution in [0.4, 0.5) is 22.0 Å². The number of rotatable bonds is 7. The average Bonchev–Trinajstić information content (AvgIpc) is 2.83. The van der Waals surface area contributed by atoms with Crippen LogP contribution in [0, 0.1) is 29.3 Å². The molecule has 184 valence electrons. The summed E-state index contributed by atoms with van der Waals surface area (Å²) < 4.78 is 73.3. The van der Waals surface area contributed by atoms with Gasteiger partial charge in [-0.1, -0.05) is 43.5 Å². The van der Waals surface area contributed by atoms with Crippen molar-refractivity contribution in [1.29, 1.82) is 0 Å². The van der Waals surface area contributed by atoms with Crippen molar-refractivity contribution in [3.05, 3.63) is 76.6 Å². The summed E-state index contributed by atoms with van der Waals surface area (Å²) in [6.07, 6.45) is 9.25. The maximum Gasteiger partial charge on any atom is 0.426 e. The number of ether oxygens (including phenoxy) is 1. The third kappa shape index (κ3) is 5.64. The molecule has 1 fully saturated rings. The van der Waals surface area contributed by atoms with Gasteiger partial charge in [-0.2, -0.15) is 8.78 Å². The Labute approximate surface area is 198 Å². The third-order valence-corrected chi connectivity index (χ3v) is 7.42. The molecule has 1 unspecified atom stereocenters. The third-order valence-electron chi connectivity index (χ3n) is 7.42. The predicted molar refractivity (Wildman–Crippen MR) is 122 cm³/mol. The van der Waals surface area contributed by atoms with Crippen molar-refractivity contribution in [2.45, 2.75) is 76.7 Å². The van der Waals surface area contributed by atoms with Gasteiger partial charge in [-0.05, 0) is 80.4 Å². The Hall–Kier alpha value is -2.37. The highest BCUT2D eigenvalue weighted by molar-refractivity contribution is 5.30. The van der Waals surface area contributed by atoms with E-state index in [2.05, 4.69) is 17.7 Å². The molecule has 1 saturated carbocycles. The summed E-state index contributed by atoms with van der Waals surface area (Å²) in [6, 6.07) is 6.75. The summed E-state index contributed by atoms with van der Waals surface area (Å²) in [7, 11) is 0. The molecule has 2 aromatic carbocycles. The predicted octanol–water partition coefficient (Wildman–Crippen LogP) is 9.03. The Bertz CT molecular complexity index is 983. The molecular weight excluding hydrogens is 447 g/mol. The molecule has 4 rings (SSSR count). The summed E-state index contributed by atoms with van der Waals surface area (Å²) in [5.74, 6) is -3.85. The van der Waals surface area contributed by atoms with Gasteiger partial charge in [0.05, 0.1) is 5.56 Å². The van der Waals surface area contributed by atoms with Gasteiger partial charge >= 0.3 is 6.11 Å². The molecule has 0 N–H and O–H groups in total. The van der Waals surface area contributed by atoms with Crippen molar-refractivity contribution in [3.8, 4) is 5.75 Å². The van der Waals surface area contributed by atoms with E-state index in [-0.39, 0.29) is 0 Å². The van der Waals surface area contributed by atoms with Crippen LogP contribution in [0.5, 0.6) is 5.75 Å². The normalized spacial score (nSPS) is 23.5. The highest BCUT2D eigenvalue weighted by atomic mass is 19.3. The molecule has 1 nitrogen and oxygen atoms in total. The molecule has 0 spiro atoms. The number of hydrogen-bond donors (Lipinski definition) is 0. The Morgan fingerprint density at radius 2 is 1.50 bits per heavy atom. The maximum absolute atomic E-state index is 14.5. The Morgan fingerprint density at radius 1 is 0.882 bits per heavy atom. The molecule has 0 bridgehead atoms. The molecule has 0 saturated heterocycles. The second-order valence-corrected chi connectivity index (χ2v) is 9.70. The highest BCUT2D eigenvalue weighted by Gasteiger charge is 2.35. The molecule has 6 heteroatoms. The zero-order valence-electron chi connectivity index (χ0n) is 19.4. The van der Waals surface area contributed by atoms with Crippen LogP contribution < -0.4 is 4.74 Å². The lowest BCUT2D eigenvalue weighted by Gasteiger charge is -2.33. The van der Waals surface area contributed by atoms with Crippen molar-refractivity contribution in [2.24, 2.45) is 11.8 Å². The second kappa shape index (κ2) is 10.5. The maximum atomic E-state index is 14.5. The quantitative estimate of drug-likeness (QED) is 0.219. The lowest BCUT2D eigenvalue weighted by molar-refractivity contribution is -0.185. The van der Waals surface area contributed by atoms with Crippen molar-refractivity contribution in [1.82, 2.24) is 0 Å². The van der Waals surface area contributed by atoms with Crippen LogP contribution >= 0.6 is 0 Å². The van der Waals surface area contributed by atoms with Gasteiger partial charge < -0.3 is 4.74 Å². The van der Waals surface area contributed by atoms with E-state index < -0.39 is 34.9 Å². The smallest absolute Gasteiger partial charge is 0.426 e. The lowest BCUT2D eigenvalue weighted by Crippen LogP contribution is -2.22. The molecule has 0 amide bonds. The monoisotopic (exact) mass is 478 g/mol. The summed E-state index contributed by atoms with van der Waals surface area (Å²) in [5.41, 5.74) is 2.20. The first-order valence-corrected chi connectivity index (χ1v) is 12.3. The molecule has 2 aliphatic carbocycles. The van der Waals surface area contributed by atoms with Gasteiger partial charge in [0.2, 0.25) is 0 Å². The van der Waals surface area contributed by atoms with E-state index in [4.69, 9.17) is 0 Å². The SMILES string of the molecule is CCCC1CC=C(C2CCC(c3ccc(C(F)(F)Oc4cc(F)c(F)c(F)c4)cc3)CC2)CC1. The Morgan fingerprint density at radius 3 is 2.06 bits per heavy atom. The van der Waals surface area contributed by atoms with Crippen LogP contribution in [0.1, 0.15) is 81.8 Å². The van der Waals surface area contributed by atoms with Gasteiger partial charge in [0.1, 0.15) is 5.75 Å². The van der Waals surface area contributed by atoms with E-state index >= 15 is 0 Å². The zero-order valence-corrected chi connectivity index (χ0v) is 19.4.